The largest absolute Gasteiger partial charge is 0.756 e. The van der Waals surface area contributed by atoms with Crippen LogP contribution in [0, 0.1) is 0 Å². The second-order valence-electron chi connectivity index (χ2n) is 15.6. The molecule has 0 bridgehead atoms. The molecular formula is C45H83N2O6P. The summed E-state index contributed by atoms with van der Waals surface area (Å²) in [7, 11) is 1.23. The zero-order chi connectivity index (χ0) is 40.0. The van der Waals surface area contributed by atoms with Crippen molar-refractivity contribution < 1.29 is 32.9 Å². The van der Waals surface area contributed by atoms with Crippen molar-refractivity contribution in [2.75, 3.05) is 40.9 Å². The van der Waals surface area contributed by atoms with Crippen molar-refractivity contribution in [3.05, 3.63) is 60.8 Å². The number of unbranched alkanes of at least 4 members (excludes halogenated alkanes) is 17. The van der Waals surface area contributed by atoms with Crippen LogP contribution in [0.3, 0.4) is 0 Å². The number of likely N-dealkylation sites (N-methyl/N-ethyl adjacent to an activating group) is 1. The highest BCUT2D eigenvalue weighted by molar-refractivity contribution is 7.45. The van der Waals surface area contributed by atoms with Crippen LogP contribution in [0.1, 0.15) is 168 Å². The Balaban J connectivity index is 4.34. The number of allylic oxidation sites excluding steroid dienone is 9. The summed E-state index contributed by atoms with van der Waals surface area (Å²) >= 11 is 0. The van der Waals surface area contributed by atoms with E-state index in [0.717, 1.165) is 64.2 Å². The molecule has 0 aliphatic rings. The third kappa shape index (κ3) is 38.5. The van der Waals surface area contributed by atoms with Gasteiger partial charge in [-0.3, -0.25) is 9.36 Å². The monoisotopic (exact) mass is 779 g/mol. The first-order valence-electron chi connectivity index (χ1n) is 21.7. The van der Waals surface area contributed by atoms with E-state index >= 15 is 0 Å². The van der Waals surface area contributed by atoms with Gasteiger partial charge in [-0.25, -0.2) is 0 Å². The summed E-state index contributed by atoms with van der Waals surface area (Å²) in [5.74, 6) is -0.217. The number of rotatable bonds is 38. The Bertz CT molecular complexity index is 1060. The molecule has 0 saturated carbocycles. The molecule has 0 spiro atoms. The number of aliphatic hydroxyl groups excluding tert-OH is 1. The van der Waals surface area contributed by atoms with Crippen LogP contribution in [0.15, 0.2) is 60.8 Å². The number of phosphoric ester groups is 1. The van der Waals surface area contributed by atoms with Gasteiger partial charge in [-0.05, 0) is 64.2 Å². The number of amides is 1. The summed E-state index contributed by atoms with van der Waals surface area (Å²) in [5, 5.41) is 13.7. The van der Waals surface area contributed by atoms with Gasteiger partial charge in [0.25, 0.3) is 7.82 Å². The molecule has 0 radical (unpaired) electrons. The molecule has 8 nitrogen and oxygen atoms in total. The number of aliphatic hydroxyl groups is 1. The molecule has 0 aromatic rings. The van der Waals surface area contributed by atoms with E-state index < -0.39 is 26.6 Å². The van der Waals surface area contributed by atoms with Gasteiger partial charge < -0.3 is 28.8 Å². The highest BCUT2D eigenvalue weighted by Gasteiger charge is 2.23. The third-order valence-corrected chi connectivity index (χ3v) is 10.1. The maximum absolute atomic E-state index is 12.8. The van der Waals surface area contributed by atoms with Crippen molar-refractivity contribution in [2.24, 2.45) is 0 Å². The predicted octanol–water partition coefficient (Wildman–Crippen LogP) is 11.2. The molecule has 0 aromatic carbocycles. The van der Waals surface area contributed by atoms with E-state index in [-0.39, 0.29) is 12.5 Å². The first-order valence-corrected chi connectivity index (χ1v) is 23.1. The number of phosphoric acid groups is 1. The van der Waals surface area contributed by atoms with Crippen molar-refractivity contribution in [2.45, 2.75) is 180 Å². The Labute approximate surface area is 332 Å². The van der Waals surface area contributed by atoms with Crippen molar-refractivity contribution in [1.82, 2.24) is 5.32 Å². The van der Waals surface area contributed by atoms with E-state index in [2.05, 4.69) is 67.8 Å². The highest BCUT2D eigenvalue weighted by Crippen LogP contribution is 2.38. The molecule has 3 atom stereocenters. The predicted molar refractivity (Wildman–Crippen MR) is 228 cm³/mol. The number of carbonyl (C=O) groups is 1. The number of nitrogens with zero attached hydrogens (tertiary/aromatic N) is 1. The SMILES string of the molecule is CC/C=C\C/C=C\CCCCCCCCCCCCCCCCC(=O)NC(COP(=O)([O-])OCC[N+](C)(C)C)C(O)/C=C/CC/C=C/CC/C=C/CCC. The van der Waals surface area contributed by atoms with Crippen molar-refractivity contribution in [3.8, 4) is 0 Å². The Morgan fingerprint density at radius 2 is 1.15 bits per heavy atom. The second-order valence-corrected chi connectivity index (χ2v) is 17.1. The normalized spacial score (nSPS) is 15.0. The smallest absolute Gasteiger partial charge is 0.268 e. The van der Waals surface area contributed by atoms with Gasteiger partial charge in [0.2, 0.25) is 5.91 Å². The van der Waals surface area contributed by atoms with E-state index in [1.807, 2.05) is 27.2 Å². The Morgan fingerprint density at radius 3 is 1.69 bits per heavy atom. The minimum Gasteiger partial charge on any atom is -0.756 e. The van der Waals surface area contributed by atoms with Crippen LogP contribution in [-0.4, -0.2) is 68.5 Å². The van der Waals surface area contributed by atoms with Gasteiger partial charge in [0.1, 0.15) is 13.2 Å². The molecule has 0 aliphatic carbocycles. The van der Waals surface area contributed by atoms with Crippen LogP contribution in [0.2, 0.25) is 0 Å². The van der Waals surface area contributed by atoms with Crippen LogP contribution in [0.25, 0.3) is 0 Å². The quantitative estimate of drug-likeness (QED) is 0.0280. The van der Waals surface area contributed by atoms with Gasteiger partial charge in [-0.1, -0.05) is 158 Å². The van der Waals surface area contributed by atoms with Crippen molar-refractivity contribution in [1.29, 1.82) is 0 Å². The molecule has 0 rings (SSSR count). The molecule has 0 fully saturated rings. The molecule has 2 N–H and O–H groups in total. The fourth-order valence-electron chi connectivity index (χ4n) is 5.76. The number of nitrogens with one attached hydrogen (secondary N) is 1. The lowest BCUT2D eigenvalue weighted by Gasteiger charge is -2.29. The highest BCUT2D eigenvalue weighted by atomic mass is 31.2. The van der Waals surface area contributed by atoms with E-state index in [1.165, 1.54) is 83.5 Å². The van der Waals surface area contributed by atoms with Crippen molar-refractivity contribution in [3.63, 3.8) is 0 Å². The molecule has 0 saturated heterocycles. The Hall–Kier alpha value is -1.80. The van der Waals surface area contributed by atoms with Crippen LogP contribution < -0.4 is 10.2 Å². The molecule has 9 heteroatoms. The molecule has 0 heterocycles. The summed E-state index contributed by atoms with van der Waals surface area (Å²) < 4.78 is 23.1. The number of hydrogen-bond acceptors (Lipinski definition) is 6. The summed E-state index contributed by atoms with van der Waals surface area (Å²) in [6.07, 6.45) is 47.1. The summed E-state index contributed by atoms with van der Waals surface area (Å²) in [6, 6.07) is -0.908. The minimum absolute atomic E-state index is 0.0109. The fourth-order valence-corrected chi connectivity index (χ4v) is 6.48. The fraction of sp³-hybridized carbons (Fsp3) is 0.756. The molecule has 1 amide bonds. The number of carbonyl (C=O) groups excluding carboxylic acids is 1. The molecule has 0 aromatic heterocycles. The van der Waals surface area contributed by atoms with Crippen LogP contribution in [0.4, 0.5) is 0 Å². The Morgan fingerprint density at radius 1 is 0.667 bits per heavy atom. The summed E-state index contributed by atoms with van der Waals surface area (Å²) in [4.78, 5) is 25.2. The van der Waals surface area contributed by atoms with Gasteiger partial charge in [0.05, 0.1) is 39.9 Å². The molecule has 314 valence electrons. The average molecular weight is 779 g/mol. The van der Waals surface area contributed by atoms with E-state index in [0.29, 0.717) is 17.4 Å². The number of quaternary nitrogens is 1. The van der Waals surface area contributed by atoms with E-state index in [4.69, 9.17) is 9.05 Å². The van der Waals surface area contributed by atoms with Gasteiger partial charge >= 0.3 is 0 Å². The maximum Gasteiger partial charge on any atom is 0.268 e. The van der Waals surface area contributed by atoms with Gasteiger partial charge in [-0.2, -0.15) is 0 Å². The van der Waals surface area contributed by atoms with Gasteiger partial charge in [0.15, 0.2) is 0 Å². The topological polar surface area (TPSA) is 108 Å². The third-order valence-electron chi connectivity index (χ3n) is 9.17. The average Bonchev–Trinajstić information content (AvgIpc) is 3.12. The first-order chi connectivity index (χ1) is 26.0. The zero-order valence-electron chi connectivity index (χ0n) is 35.4. The second kappa shape index (κ2) is 36.8. The lowest BCUT2D eigenvalue weighted by Crippen LogP contribution is -2.45. The summed E-state index contributed by atoms with van der Waals surface area (Å²) in [6.45, 7) is 4.42. The minimum atomic E-state index is -4.60. The molecular weight excluding hydrogens is 695 g/mol. The molecule has 3 unspecified atom stereocenters. The molecule has 0 aliphatic heterocycles. The van der Waals surface area contributed by atoms with Gasteiger partial charge in [0, 0.05) is 6.42 Å². The first kappa shape index (κ1) is 52.2. The van der Waals surface area contributed by atoms with Gasteiger partial charge in [-0.15, -0.1) is 0 Å². The lowest BCUT2D eigenvalue weighted by molar-refractivity contribution is -0.870. The number of hydrogen-bond donors (Lipinski definition) is 2. The van der Waals surface area contributed by atoms with Crippen LogP contribution >= 0.6 is 7.82 Å². The van der Waals surface area contributed by atoms with Crippen LogP contribution in [0.5, 0.6) is 0 Å². The Kier molecular flexibility index (Phi) is 35.6. The van der Waals surface area contributed by atoms with Crippen molar-refractivity contribution >= 4 is 13.7 Å². The van der Waals surface area contributed by atoms with Crippen LogP contribution in [-0.2, 0) is 18.4 Å². The van der Waals surface area contributed by atoms with E-state index in [1.54, 1.807) is 6.08 Å². The summed E-state index contributed by atoms with van der Waals surface area (Å²) in [5.41, 5.74) is 0. The maximum atomic E-state index is 12.8. The lowest BCUT2D eigenvalue weighted by atomic mass is 10.0. The zero-order valence-corrected chi connectivity index (χ0v) is 36.3. The molecule has 54 heavy (non-hydrogen) atoms. The van der Waals surface area contributed by atoms with E-state index in [9.17, 15) is 19.4 Å². The standard InChI is InChI=1S/C45H83N2O6P/c1-6-8-10-12-14-16-18-19-20-21-22-23-24-25-26-27-29-31-33-35-37-39-45(49)46-43(42-53-54(50,51)52-41-40-47(3,4)5)44(48)38-36-34-32-30-28-17-15-13-11-9-7-2/h8,10-11,13-14,16,28,30,36,38,43-44,48H,6-7,9,12,15,17-27,29,31-35,37,39-42H2,1-5H3,(H-,46,49,50,51)/b10-8-,13-11+,16-14-,30-28+,38-36+.